The lowest BCUT2D eigenvalue weighted by atomic mass is 10.1. The molecule has 8 nitrogen and oxygen atoms in total. The van der Waals surface area contributed by atoms with E-state index in [-0.39, 0.29) is 16.3 Å². The van der Waals surface area contributed by atoms with Crippen molar-refractivity contribution in [3.63, 3.8) is 0 Å². The summed E-state index contributed by atoms with van der Waals surface area (Å²) in [5.41, 5.74) is 6.39. The van der Waals surface area contributed by atoms with Crippen molar-refractivity contribution in [2.75, 3.05) is 23.0 Å². The number of thiophene rings is 1. The first-order chi connectivity index (χ1) is 11.8. The van der Waals surface area contributed by atoms with Gasteiger partial charge in [-0.05, 0) is 23.8 Å². The lowest BCUT2D eigenvalue weighted by molar-refractivity contribution is -0.380. The molecule has 0 aliphatic carbocycles. The Morgan fingerprint density at radius 2 is 2.00 bits per heavy atom. The summed E-state index contributed by atoms with van der Waals surface area (Å²) >= 11 is 2.34. The Balaban J connectivity index is 1.92. The largest absolute Gasteiger partial charge is 0.365 e. The Kier molecular flexibility index (Phi) is 4.69. The quantitative estimate of drug-likeness (QED) is 0.417. The summed E-state index contributed by atoms with van der Waals surface area (Å²) in [6.45, 7) is 0.493. The number of rotatable bonds is 4. The summed E-state index contributed by atoms with van der Waals surface area (Å²) in [4.78, 5) is 23.8. The van der Waals surface area contributed by atoms with Gasteiger partial charge >= 0.3 is 5.00 Å². The van der Waals surface area contributed by atoms with Crippen molar-refractivity contribution < 1.29 is 19.9 Å². The Hall–Kier alpha value is -2.14. The molecule has 1 fully saturated rings. The van der Waals surface area contributed by atoms with Crippen molar-refractivity contribution in [2.45, 2.75) is 5.91 Å². The van der Waals surface area contributed by atoms with Crippen molar-refractivity contribution in [1.82, 2.24) is 0 Å². The summed E-state index contributed by atoms with van der Waals surface area (Å²) < 4.78 is 0. The maximum absolute atomic E-state index is 11.4. The average Bonchev–Trinajstić information content (AvgIpc) is 3.00. The van der Waals surface area contributed by atoms with Crippen molar-refractivity contribution in [3.05, 3.63) is 46.0 Å². The van der Waals surface area contributed by atoms with Gasteiger partial charge in [0.25, 0.3) is 11.8 Å². The Morgan fingerprint density at radius 1 is 1.32 bits per heavy atom. The number of thioether (sulfide) groups is 1. The number of hydrogen-bond donors (Lipinski definition) is 3. The first-order valence-electron chi connectivity index (χ1n) is 7.28. The topological polar surface area (TPSA) is 130 Å². The van der Waals surface area contributed by atoms with Crippen molar-refractivity contribution in [2.24, 2.45) is 5.73 Å². The lowest BCUT2D eigenvalue weighted by Gasteiger charge is -2.40. The highest BCUT2D eigenvalue weighted by molar-refractivity contribution is 7.99. The van der Waals surface area contributed by atoms with Crippen LogP contribution in [0.25, 0.3) is 10.4 Å². The van der Waals surface area contributed by atoms with Gasteiger partial charge in [-0.2, -0.15) is 11.8 Å². The van der Waals surface area contributed by atoms with Crippen LogP contribution in [0.2, 0.25) is 0 Å². The molecule has 25 heavy (non-hydrogen) atoms. The number of anilines is 1. The van der Waals surface area contributed by atoms with Gasteiger partial charge in [0.2, 0.25) is 0 Å². The standard InChI is InChI=1S/C15H15N3O5S2/c16-13(19)11-7-12(25-14(11)18(22)23)9-1-3-10(4-2-9)17-5-6-24-8-15(17,20)21/h1-4,7,20-21H,5-6,8H2,(H2,16,19). The maximum atomic E-state index is 11.4. The molecule has 132 valence electrons. The zero-order valence-corrected chi connectivity index (χ0v) is 14.5. The molecule has 0 unspecified atom stereocenters. The molecule has 1 aliphatic heterocycles. The smallest absolute Gasteiger partial charge is 0.337 e. The number of nitro groups is 1. The predicted octanol–water partition coefficient (Wildman–Crippen LogP) is 1.61. The van der Waals surface area contributed by atoms with Crippen LogP contribution in [0.15, 0.2) is 30.3 Å². The van der Waals surface area contributed by atoms with E-state index >= 15 is 0 Å². The van der Waals surface area contributed by atoms with E-state index in [2.05, 4.69) is 0 Å². The van der Waals surface area contributed by atoms with Crippen LogP contribution in [0.1, 0.15) is 10.4 Å². The number of hydrogen-bond acceptors (Lipinski definition) is 8. The normalized spacial score (nSPS) is 16.6. The molecule has 2 heterocycles. The molecule has 1 amide bonds. The maximum Gasteiger partial charge on any atom is 0.337 e. The van der Waals surface area contributed by atoms with Crippen LogP contribution < -0.4 is 10.6 Å². The molecular formula is C15H15N3O5S2. The molecule has 0 saturated carbocycles. The molecule has 0 radical (unpaired) electrons. The van der Waals surface area contributed by atoms with Crippen molar-refractivity contribution in [1.29, 1.82) is 0 Å². The zero-order valence-electron chi connectivity index (χ0n) is 12.9. The summed E-state index contributed by atoms with van der Waals surface area (Å²) in [5.74, 6) is -1.79. The third kappa shape index (κ3) is 3.47. The van der Waals surface area contributed by atoms with Crippen LogP contribution in [0.3, 0.4) is 0 Å². The predicted molar refractivity (Wildman–Crippen MR) is 96.8 cm³/mol. The summed E-state index contributed by atoms with van der Waals surface area (Å²) in [6.07, 6.45) is 0. The van der Waals surface area contributed by atoms with Gasteiger partial charge in [0.1, 0.15) is 5.56 Å². The third-order valence-electron chi connectivity index (χ3n) is 3.79. The molecule has 0 spiro atoms. The van der Waals surface area contributed by atoms with Gasteiger partial charge < -0.3 is 20.8 Å². The molecular weight excluding hydrogens is 366 g/mol. The number of nitrogens with zero attached hydrogens (tertiary/aromatic N) is 2. The Labute approximate surface area is 151 Å². The van der Waals surface area contributed by atoms with Crippen molar-refractivity contribution in [3.8, 4) is 10.4 Å². The van der Waals surface area contributed by atoms with Gasteiger partial charge in [-0.3, -0.25) is 14.9 Å². The molecule has 2 aromatic rings. The summed E-state index contributed by atoms with van der Waals surface area (Å²) in [7, 11) is 0. The molecule has 10 heteroatoms. The highest BCUT2D eigenvalue weighted by atomic mass is 32.2. The minimum atomic E-state index is -1.91. The Bertz CT molecular complexity index is 788. The van der Waals surface area contributed by atoms with Crippen LogP contribution >= 0.6 is 23.1 Å². The first-order valence-corrected chi connectivity index (χ1v) is 9.25. The van der Waals surface area contributed by atoms with E-state index < -0.39 is 16.7 Å². The van der Waals surface area contributed by atoms with Crippen LogP contribution in [-0.4, -0.2) is 45.0 Å². The van der Waals surface area contributed by atoms with Gasteiger partial charge in [0.05, 0.1) is 10.7 Å². The SMILES string of the molecule is NC(=O)c1cc(-c2ccc(N3CCSCC3(O)O)cc2)sc1[N+](=O)[O-]. The van der Waals surface area contributed by atoms with Crippen LogP contribution in [0, 0.1) is 10.1 Å². The number of primary amides is 1. The second-order valence-corrected chi connectivity index (χ2v) is 7.61. The number of amides is 1. The number of aliphatic hydroxyl groups is 2. The number of nitrogens with two attached hydrogens (primary N) is 1. The minimum Gasteiger partial charge on any atom is -0.365 e. The fourth-order valence-corrected chi connectivity index (χ4v) is 4.47. The fourth-order valence-electron chi connectivity index (χ4n) is 2.60. The van der Waals surface area contributed by atoms with E-state index in [4.69, 9.17) is 5.73 Å². The number of carbonyl (C=O) groups excluding carboxylic acids is 1. The van der Waals surface area contributed by atoms with E-state index in [9.17, 15) is 25.1 Å². The van der Waals surface area contributed by atoms with Gasteiger partial charge in [-0.25, -0.2) is 0 Å². The Morgan fingerprint density at radius 3 is 2.52 bits per heavy atom. The summed E-state index contributed by atoms with van der Waals surface area (Å²) in [5, 5.41) is 30.9. The van der Waals surface area contributed by atoms with E-state index in [0.717, 1.165) is 17.1 Å². The number of carbonyl (C=O) groups is 1. The van der Waals surface area contributed by atoms with Crippen LogP contribution in [-0.2, 0) is 0 Å². The molecule has 0 atom stereocenters. The monoisotopic (exact) mass is 381 g/mol. The lowest BCUT2D eigenvalue weighted by Crippen LogP contribution is -2.54. The minimum absolute atomic E-state index is 0.119. The van der Waals surface area contributed by atoms with Gasteiger partial charge in [0.15, 0.2) is 0 Å². The van der Waals surface area contributed by atoms with E-state index in [0.29, 0.717) is 22.7 Å². The van der Waals surface area contributed by atoms with Gasteiger partial charge in [-0.1, -0.05) is 23.5 Å². The van der Waals surface area contributed by atoms with Crippen LogP contribution in [0.4, 0.5) is 10.7 Å². The zero-order chi connectivity index (χ0) is 18.2. The molecule has 0 bridgehead atoms. The van der Waals surface area contributed by atoms with Crippen molar-refractivity contribution >= 4 is 39.7 Å². The fraction of sp³-hybridized carbons (Fsp3) is 0.267. The highest BCUT2D eigenvalue weighted by Gasteiger charge is 2.35. The first kappa shape index (κ1) is 17.7. The van der Waals surface area contributed by atoms with Gasteiger partial charge in [-0.15, -0.1) is 0 Å². The highest BCUT2D eigenvalue weighted by Crippen LogP contribution is 2.38. The molecule has 1 aromatic carbocycles. The molecule has 3 rings (SSSR count). The average molecular weight is 381 g/mol. The van der Waals surface area contributed by atoms with E-state index in [1.165, 1.54) is 22.7 Å². The second kappa shape index (κ2) is 6.64. The molecule has 1 aliphatic rings. The summed E-state index contributed by atoms with van der Waals surface area (Å²) in [6, 6.07) is 8.26. The van der Waals surface area contributed by atoms with E-state index in [1.807, 2.05) is 0 Å². The van der Waals surface area contributed by atoms with E-state index in [1.54, 1.807) is 24.3 Å². The van der Waals surface area contributed by atoms with Gasteiger partial charge in [0, 0.05) is 22.9 Å². The second-order valence-electron chi connectivity index (χ2n) is 5.48. The van der Waals surface area contributed by atoms with Crippen LogP contribution in [0.5, 0.6) is 0 Å². The molecule has 1 saturated heterocycles. The molecule has 4 N–H and O–H groups in total. The number of benzene rings is 1. The molecule has 1 aromatic heterocycles. The third-order valence-corrected chi connectivity index (χ3v) is 5.99.